The summed E-state index contributed by atoms with van der Waals surface area (Å²) >= 11 is 0. The second-order valence-electron chi connectivity index (χ2n) is 7.10. The lowest BCUT2D eigenvalue weighted by molar-refractivity contribution is 0.0499. The van der Waals surface area contributed by atoms with Crippen molar-refractivity contribution < 1.29 is 18.7 Å². The summed E-state index contributed by atoms with van der Waals surface area (Å²) in [6.07, 6.45) is 1.12. The number of rotatable bonds is 3. The first-order valence-corrected chi connectivity index (χ1v) is 8.27. The maximum atomic E-state index is 13.7. The predicted octanol–water partition coefficient (Wildman–Crippen LogP) is 3.20. The van der Waals surface area contributed by atoms with Gasteiger partial charge in [-0.1, -0.05) is 12.1 Å². The summed E-state index contributed by atoms with van der Waals surface area (Å²) in [6.45, 7) is 7.11. The van der Waals surface area contributed by atoms with Gasteiger partial charge in [-0.25, -0.2) is 9.18 Å². The van der Waals surface area contributed by atoms with Crippen molar-refractivity contribution in [3.8, 4) is 0 Å². The number of likely N-dealkylation sites (tertiary alicyclic amines) is 1. The van der Waals surface area contributed by atoms with Crippen LogP contribution in [0.25, 0.3) is 0 Å². The SMILES string of the molecule is CC(C)(C)OC(=O)NCC1CCN(C(=O)c2ccccc2F)CC1. The Morgan fingerprint density at radius 2 is 1.88 bits per heavy atom. The van der Waals surface area contributed by atoms with Gasteiger partial charge in [0.25, 0.3) is 5.91 Å². The Morgan fingerprint density at radius 3 is 2.46 bits per heavy atom. The van der Waals surface area contributed by atoms with Gasteiger partial charge in [-0.05, 0) is 51.7 Å². The second kappa shape index (κ2) is 7.64. The van der Waals surface area contributed by atoms with Gasteiger partial charge < -0.3 is 15.0 Å². The summed E-state index contributed by atoms with van der Waals surface area (Å²) < 4.78 is 18.9. The quantitative estimate of drug-likeness (QED) is 0.922. The Hall–Kier alpha value is -2.11. The maximum Gasteiger partial charge on any atom is 0.407 e. The van der Waals surface area contributed by atoms with Crippen molar-refractivity contribution in [3.63, 3.8) is 0 Å². The van der Waals surface area contributed by atoms with Gasteiger partial charge >= 0.3 is 6.09 Å². The highest BCUT2D eigenvalue weighted by molar-refractivity contribution is 5.94. The number of nitrogens with zero attached hydrogens (tertiary/aromatic N) is 1. The molecule has 0 saturated carbocycles. The smallest absolute Gasteiger partial charge is 0.407 e. The number of alkyl carbamates (subject to hydrolysis) is 1. The molecule has 1 aromatic carbocycles. The third-order valence-corrected chi connectivity index (χ3v) is 3.94. The minimum atomic E-state index is -0.514. The van der Waals surface area contributed by atoms with Gasteiger partial charge in [0.05, 0.1) is 5.56 Å². The molecule has 24 heavy (non-hydrogen) atoms. The van der Waals surface area contributed by atoms with Gasteiger partial charge in [0.1, 0.15) is 11.4 Å². The van der Waals surface area contributed by atoms with E-state index >= 15 is 0 Å². The fourth-order valence-electron chi connectivity index (χ4n) is 2.69. The number of nitrogens with one attached hydrogen (secondary N) is 1. The van der Waals surface area contributed by atoms with E-state index in [1.54, 1.807) is 17.0 Å². The number of ether oxygens (including phenoxy) is 1. The number of hydrogen-bond donors (Lipinski definition) is 1. The van der Waals surface area contributed by atoms with Gasteiger partial charge in [-0.2, -0.15) is 0 Å². The summed E-state index contributed by atoms with van der Waals surface area (Å²) in [5, 5.41) is 2.77. The summed E-state index contributed by atoms with van der Waals surface area (Å²) in [7, 11) is 0. The first-order chi connectivity index (χ1) is 11.3. The molecule has 0 aliphatic carbocycles. The molecular formula is C18H25FN2O3. The molecule has 5 nitrogen and oxygen atoms in total. The molecule has 132 valence electrons. The first kappa shape index (κ1) is 18.2. The molecule has 1 aliphatic rings. The molecule has 6 heteroatoms. The van der Waals surface area contributed by atoms with E-state index in [-0.39, 0.29) is 11.5 Å². The van der Waals surface area contributed by atoms with E-state index in [0.717, 1.165) is 12.8 Å². The average Bonchev–Trinajstić information content (AvgIpc) is 2.52. The molecule has 2 amide bonds. The van der Waals surface area contributed by atoms with E-state index in [4.69, 9.17) is 4.74 Å². The number of carbonyl (C=O) groups is 2. The first-order valence-electron chi connectivity index (χ1n) is 8.27. The molecule has 0 unspecified atom stereocenters. The van der Waals surface area contributed by atoms with E-state index in [1.807, 2.05) is 20.8 Å². The molecule has 0 aromatic heterocycles. The molecule has 0 atom stereocenters. The van der Waals surface area contributed by atoms with Crippen LogP contribution in [0.5, 0.6) is 0 Å². The molecule has 1 N–H and O–H groups in total. The lowest BCUT2D eigenvalue weighted by Crippen LogP contribution is -2.42. The Morgan fingerprint density at radius 1 is 1.25 bits per heavy atom. The molecule has 0 bridgehead atoms. The molecule has 1 aromatic rings. The molecule has 1 aliphatic heterocycles. The van der Waals surface area contributed by atoms with Gasteiger partial charge in [0.15, 0.2) is 0 Å². The topological polar surface area (TPSA) is 58.6 Å². The Labute approximate surface area is 142 Å². The third-order valence-electron chi connectivity index (χ3n) is 3.94. The van der Waals surface area contributed by atoms with E-state index in [9.17, 15) is 14.0 Å². The van der Waals surface area contributed by atoms with Crippen LogP contribution in [-0.4, -0.2) is 42.1 Å². The molecule has 1 fully saturated rings. The summed E-state index contributed by atoms with van der Waals surface area (Å²) in [6, 6.07) is 6.03. The highest BCUT2D eigenvalue weighted by Crippen LogP contribution is 2.19. The summed E-state index contributed by atoms with van der Waals surface area (Å²) in [5.41, 5.74) is -0.401. The van der Waals surface area contributed by atoms with Crippen molar-refractivity contribution in [3.05, 3.63) is 35.6 Å². The fourth-order valence-corrected chi connectivity index (χ4v) is 2.69. The monoisotopic (exact) mass is 336 g/mol. The molecular weight excluding hydrogens is 311 g/mol. The minimum absolute atomic E-state index is 0.114. The number of carbonyl (C=O) groups excluding carboxylic acids is 2. The van der Waals surface area contributed by atoms with Crippen LogP contribution in [0, 0.1) is 11.7 Å². The number of benzene rings is 1. The van der Waals surface area contributed by atoms with Crippen LogP contribution < -0.4 is 5.32 Å². The number of amides is 2. The number of hydrogen-bond acceptors (Lipinski definition) is 3. The van der Waals surface area contributed by atoms with Crippen molar-refractivity contribution in [1.82, 2.24) is 10.2 Å². The van der Waals surface area contributed by atoms with Crippen molar-refractivity contribution >= 4 is 12.0 Å². The number of piperidine rings is 1. The molecule has 0 radical (unpaired) electrons. The summed E-state index contributed by atoms with van der Waals surface area (Å²) in [4.78, 5) is 25.7. The van der Waals surface area contributed by atoms with Gasteiger partial charge in [0, 0.05) is 19.6 Å². The normalized spacial score (nSPS) is 15.9. The largest absolute Gasteiger partial charge is 0.444 e. The lowest BCUT2D eigenvalue weighted by atomic mass is 9.96. The molecule has 0 spiro atoms. The Bertz CT molecular complexity index is 590. The van der Waals surface area contributed by atoms with Gasteiger partial charge in [0.2, 0.25) is 0 Å². The van der Waals surface area contributed by atoms with Gasteiger partial charge in [-0.15, -0.1) is 0 Å². The van der Waals surface area contributed by atoms with Crippen LogP contribution in [0.2, 0.25) is 0 Å². The molecule has 1 saturated heterocycles. The molecule has 1 heterocycles. The lowest BCUT2D eigenvalue weighted by Gasteiger charge is -2.32. The zero-order valence-corrected chi connectivity index (χ0v) is 14.5. The van der Waals surface area contributed by atoms with Crippen LogP contribution in [-0.2, 0) is 4.74 Å². The van der Waals surface area contributed by atoms with E-state index in [0.29, 0.717) is 25.6 Å². The van der Waals surface area contributed by atoms with Crippen molar-refractivity contribution in [2.75, 3.05) is 19.6 Å². The van der Waals surface area contributed by atoms with E-state index < -0.39 is 17.5 Å². The number of halogens is 1. The van der Waals surface area contributed by atoms with Crippen LogP contribution >= 0.6 is 0 Å². The van der Waals surface area contributed by atoms with Crippen molar-refractivity contribution in [1.29, 1.82) is 0 Å². The predicted molar refractivity (Wildman–Crippen MR) is 89.3 cm³/mol. The van der Waals surface area contributed by atoms with Crippen LogP contribution in [0.1, 0.15) is 44.0 Å². The maximum absolute atomic E-state index is 13.7. The Kier molecular flexibility index (Phi) is 5.80. The van der Waals surface area contributed by atoms with Crippen molar-refractivity contribution in [2.45, 2.75) is 39.2 Å². The second-order valence-corrected chi connectivity index (χ2v) is 7.10. The average molecular weight is 336 g/mol. The third kappa shape index (κ3) is 5.22. The fraction of sp³-hybridized carbons (Fsp3) is 0.556. The van der Waals surface area contributed by atoms with Crippen molar-refractivity contribution in [2.24, 2.45) is 5.92 Å². The van der Waals surface area contributed by atoms with E-state index in [1.165, 1.54) is 12.1 Å². The van der Waals surface area contributed by atoms with Crippen LogP contribution in [0.4, 0.5) is 9.18 Å². The summed E-state index contributed by atoms with van der Waals surface area (Å²) in [5.74, 6) is -0.468. The van der Waals surface area contributed by atoms with Gasteiger partial charge in [-0.3, -0.25) is 4.79 Å². The van der Waals surface area contributed by atoms with Crippen LogP contribution in [0.3, 0.4) is 0 Å². The highest BCUT2D eigenvalue weighted by atomic mass is 19.1. The van der Waals surface area contributed by atoms with E-state index in [2.05, 4.69) is 5.32 Å². The minimum Gasteiger partial charge on any atom is -0.444 e. The van der Waals surface area contributed by atoms with Crippen LogP contribution in [0.15, 0.2) is 24.3 Å². The zero-order chi connectivity index (χ0) is 17.7. The Balaban J connectivity index is 1.78. The molecule has 2 rings (SSSR count). The standard InChI is InChI=1S/C18H25FN2O3/c1-18(2,3)24-17(23)20-12-13-8-10-21(11-9-13)16(22)14-6-4-5-7-15(14)19/h4-7,13H,8-12H2,1-3H3,(H,20,23). The zero-order valence-electron chi connectivity index (χ0n) is 14.5. The highest BCUT2D eigenvalue weighted by Gasteiger charge is 2.25.